The summed E-state index contributed by atoms with van der Waals surface area (Å²) >= 11 is 0. The van der Waals surface area contributed by atoms with Crippen LogP contribution in [0.4, 0.5) is 19.0 Å². The monoisotopic (exact) mass is 468 g/mol. The van der Waals surface area contributed by atoms with Crippen LogP contribution < -0.4 is 5.32 Å². The second kappa shape index (κ2) is 8.32. The van der Waals surface area contributed by atoms with Crippen molar-refractivity contribution in [2.45, 2.75) is 31.2 Å². The number of aromatic nitrogens is 2. The van der Waals surface area contributed by atoms with Gasteiger partial charge in [0, 0.05) is 55.6 Å². The molecule has 9 heteroatoms. The fourth-order valence-corrected chi connectivity index (χ4v) is 4.79. The molecular formula is C25H23F3N4O2. The summed E-state index contributed by atoms with van der Waals surface area (Å²) in [6.07, 6.45) is 0.0648. The highest BCUT2D eigenvalue weighted by molar-refractivity contribution is 6.01. The molecule has 1 amide bonds. The molecule has 0 spiro atoms. The fourth-order valence-electron chi connectivity index (χ4n) is 4.79. The standard InChI is InChI=1S/C25H23F3N4O2/c1-34-24(23(33)31-22-11-17-6-2-3-7-19(17)30-22)13-18-8-10-32(15-16-5-4-9-29-14-16)20(18)12-21(24)25(26,27)28/h2-7,9,11-12,14,30H,8,10,13,15H2,1H3,(H,31,33). The molecule has 1 atom stereocenters. The molecule has 1 aliphatic heterocycles. The first-order valence-corrected chi connectivity index (χ1v) is 10.9. The Balaban J connectivity index is 1.48. The Labute approximate surface area is 194 Å². The van der Waals surface area contributed by atoms with Crippen LogP contribution in [0.2, 0.25) is 0 Å². The molecule has 176 valence electrons. The highest BCUT2D eigenvalue weighted by Crippen LogP contribution is 2.47. The molecule has 3 aromatic rings. The van der Waals surface area contributed by atoms with Crippen LogP contribution in [0.1, 0.15) is 18.4 Å². The van der Waals surface area contributed by atoms with Crippen LogP contribution in [0, 0.1) is 0 Å². The van der Waals surface area contributed by atoms with Gasteiger partial charge in [-0.05, 0) is 41.8 Å². The van der Waals surface area contributed by atoms with Crippen LogP contribution in [0.25, 0.3) is 10.9 Å². The fraction of sp³-hybridized carbons (Fsp3) is 0.280. The minimum Gasteiger partial charge on any atom is -0.367 e. The third-order valence-electron chi connectivity index (χ3n) is 6.46. The Morgan fingerprint density at radius 2 is 2.09 bits per heavy atom. The van der Waals surface area contributed by atoms with Crippen molar-refractivity contribution >= 4 is 22.6 Å². The Morgan fingerprint density at radius 1 is 1.26 bits per heavy atom. The van der Waals surface area contributed by atoms with Crippen molar-refractivity contribution in [3.63, 3.8) is 0 Å². The average Bonchev–Trinajstić information content (AvgIpc) is 3.41. The van der Waals surface area contributed by atoms with E-state index < -0.39 is 23.3 Å². The maximum absolute atomic E-state index is 14.3. The number of pyridine rings is 1. The summed E-state index contributed by atoms with van der Waals surface area (Å²) in [6.45, 7) is 1.00. The number of allylic oxidation sites excluding steroid dienone is 1. The maximum atomic E-state index is 14.3. The molecule has 34 heavy (non-hydrogen) atoms. The number of aromatic amines is 1. The number of methoxy groups -OCH3 is 1. The van der Waals surface area contributed by atoms with Gasteiger partial charge in [0.05, 0.1) is 5.57 Å². The van der Waals surface area contributed by atoms with Gasteiger partial charge in [-0.2, -0.15) is 13.2 Å². The number of carbonyl (C=O) groups excluding carboxylic acids is 1. The Morgan fingerprint density at radius 3 is 2.79 bits per heavy atom. The molecule has 0 radical (unpaired) electrons. The van der Waals surface area contributed by atoms with E-state index in [9.17, 15) is 18.0 Å². The molecule has 0 saturated carbocycles. The molecule has 6 nitrogen and oxygen atoms in total. The number of alkyl halides is 3. The Hall–Kier alpha value is -3.59. The van der Waals surface area contributed by atoms with E-state index in [-0.39, 0.29) is 6.42 Å². The third-order valence-corrected chi connectivity index (χ3v) is 6.46. The summed E-state index contributed by atoms with van der Waals surface area (Å²) in [7, 11) is 1.15. The average molecular weight is 468 g/mol. The minimum absolute atomic E-state index is 0.167. The molecule has 1 aromatic carbocycles. The summed E-state index contributed by atoms with van der Waals surface area (Å²) < 4.78 is 48.4. The summed E-state index contributed by atoms with van der Waals surface area (Å²) in [5.74, 6) is -0.545. The molecule has 3 heterocycles. The predicted octanol–water partition coefficient (Wildman–Crippen LogP) is 4.94. The van der Waals surface area contributed by atoms with Gasteiger partial charge in [0.1, 0.15) is 5.82 Å². The lowest BCUT2D eigenvalue weighted by atomic mass is 9.79. The highest BCUT2D eigenvalue weighted by Gasteiger charge is 2.56. The number of hydrogen-bond donors (Lipinski definition) is 2. The lowest BCUT2D eigenvalue weighted by Crippen LogP contribution is -2.51. The van der Waals surface area contributed by atoms with E-state index in [1.54, 1.807) is 24.5 Å². The molecule has 2 aromatic heterocycles. The van der Waals surface area contributed by atoms with Gasteiger partial charge in [-0.1, -0.05) is 24.3 Å². The van der Waals surface area contributed by atoms with E-state index in [0.29, 0.717) is 31.0 Å². The van der Waals surface area contributed by atoms with Crippen LogP contribution in [0.5, 0.6) is 0 Å². The number of benzene rings is 1. The van der Waals surface area contributed by atoms with Gasteiger partial charge < -0.3 is 19.9 Å². The van der Waals surface area contributed by atoms with Crippen molar-refractivity contribution < 1.29 is 22.7 Å². The lowest BCUT2D eigenvalue weighted by molar-refractivity contribution is -0.151. The number of nitrogens with one attached hydrogen (secondary N) is 2. The Kier molecular flexibility index (Phi) is 5.44. The van der Waals surface area contributed by atoms with Gasteiger partial charge in [-0.3, -0.25) is 9.78 Å². The second-order valence-corrected chi connectivity index (χ2v) is 8.51. The van der Waals surface area contributed by atoms with E-state index in [2.05, 4.69) is 15.3 Å². The smallest absolute Gasteiger partial charge is 0.367 e. The van der Waals surface area contributed by atoms with E-state index in [0.717, 1.165) is 35.2 Å². The van der Waals surface area contributed by atoms with Crippen LogP contribution in [-0.4, -0.2) is 46.2 Å². The maximum Gasteiger partial charge on any atom is 0.416 e. The number of nitrogens with zero attached hydrogens (tertiary/aromatic N) is 2. The van der Waals surface area contributed by atoms with Crippen molar-refractivity contribution in [1.29, 1.82) is 0 Å². The van der Waals surface area contributed by atoms with Gasteiger partial charge in [0.25, 0.3) is 5.91 Å². The number of para-hydroxylation sites is 1. The van der Waals surface area contributed by atoms with Crippen molar-refractivity contribution in [1.82, 2.24) is 14.9 Å². The van der Waals surface area contributed by atoms with Crippen molar-refractivity contribution in [3.05, 3.63) is 83.3 Å². The predicted molar refractivity (Wildman–Crippen MR) is 122 cm³/mol. The number of fused-ring (bicyclic) bond motifs is 1. The van der Waals surface area contributed by atoms with Crippen molar-refractivity contribution in [3.8, 4) is 0 Å². The summed E-state index contributed by atoms with van der Waals surface area (Å²) in [6, 6.07) is 12.7. The molecule has 1 aliphatic carbocycles. The number of H-pyrrole nitrogens is 1. The van der Waals surface area contributed by atoms with Crippen molar-refractivity contribution in [2.75, 3.05) is 19.0 Å². The topological polar surface area (TPSA) is 70.2 Å². The van der Waals surface area contributed by atoms with Gasteiger partial charge in [-0.25, -0.2) is 0 Å². The number of hydrogen-bond acceptors (Lipinski definition) is 4. The van der Waals surface area contributed by atoms with E-state index in [1.807, 2.05) is 35.2 Å². The van der Waals surface area contributed by atoms with Crippen LogP contribution in [-0.2, 0) is 16.1 Å². The summed E-state index contributed by atoms with van der Waals surface area (Å²) in [5, 5.41) is 3.46. The third kappa shape index (κ3) is 3.86. The Bertz CT molecular complexity index is 1260. The quantitative estimate of drug-likeness (QED) is 0.557. The first-order valence-electron chi connectivity index (χ1n) is 10.9. The lowest BCUT2D eigenvalue weighted by Gasteiger charge is -2.38. The van der Waals surface area contributed by atoms with Gasteiger partial charge in [0.15, 0.2) is 5.60 Å². The molecule has 2 N–H and O–H groups in total. The highest BCUT2D eigenvalue weighted by atomic mass is 19.4. The zero-order chi connectivity index (χ0) is 23.9. The normalized spacial score (nSPS) is 20.5. The molecular weight excluding hydrogens is 445 g/mol. The number of anilines is 1. The number of rotatable bonds is 5. The van der Waals surface area contributed by atoms with E-state index in [4.69, 9.17) is 4.74 Å². The molecule has 5 rings (SSSR count). The number of ether oxygens (including phenoxy) is 1. The minimum atomic E-state index is -4.76. The number of carbonyl (C=O) groups is 1. The first kappa shape index (κ1) is 22.2. The second-order valence-electron chi connectivity index (χ2n) is 8.51. The van der Waals surface area contributed by atoms with Gasteiger partial charge >= 0.3 is 6.18 Å². The summed E-state index contributed by atoms with van der Waals surface area (Å²) in [4.78, 5) is 22.4. The zero-order valence-corrected chi connectivity index (χ0v) is 18.4. The zero-order valence-electron chi connectivity index (χ0n) is 18.4. The van der Waals surface area contributed by atoms with Crippen LogP contribution >= 0.6 is 0 Å². The van der Waals surface area contributed by atoms with E-state index in [1.165, 1.54) is 0 Å². The molecule has 2 aliphatic rings. The van der Waals surface area contributed by atoms with E-state index >= 15 is 0 Å². The largest absolute Gasteiger partial charge is 0.416 e. The molecule has 0 bridgehead atoms. The van der Waals surface area contributed by atoms with Crippen LogP contribution in [0.15, 0.2) is 77.8 Å². The molecule has 1 unspecified atom stereocenters. The van der Waals surface area contributed by atoms with Gasteiger partial charge in [0.2, 0.25) is 0 Å². The van der Waals surface area contributed by atoms with Crippen molar-refractivity contribution in [2.24, 2.45) is 0 Å². The van der Waals surface area contributed by atoms with Crippen LogP contribution in [0.3, 0.4) is 0 Å². The molecule has 0 fully saturated rings. The first-order chi connectivity index (χ1) is 16.3. The number of amides is 1. The molecule has 0 saturated heterocycles. The van der Waals surface area contributed by atoms with Gasteiger partial charge in [-0.15, -0.1) is 0 Å². The SMILES string of the molecule is COC1(C(=O)Nc2cc3ccccc3[nH]2)CC2=C(C=C1C(F)(F)F)N(Cc1cccnc1)CC2. The number of halogens is 3. The summed E-state index contributed by atoms with van der Waals surface area (Å²) in [5.41, 5.74) is -0.246.